The van der Waals surface area contributed by atoms with E-state index in [1.165, 1.54) is 16.6 Å². The maximum atomic E-state index is 12.6. The Balaban J connectivity index is 1.71. The quantitative estimate of drug-likeness (QED) is 0.835. The van der Waals surface area contributed by atoms with E-state index in [1.807, 2.05) is 37.3 Å². The Labute approximate surface area is 152 Å². The minimum atomic E-state index is -3.55. The van der Waals surface area contributed by atoms with Crippen molar-refractivity contribution < 1.29 is 13.2 Å². The fourth-order valence-electron chi connectivity index (χ4n) is 2.69. The molecule has 2 aromatic rings. The van der Waals surface area contributed by atoms with Crippen molar-refractivity contribution in [3.63, 3.8) is 0 Å². The lowest BCUT2D eigenvalue weighted by Crippen LogP contribution is -2.37. The summed E-state index contributed by atoms with van der Waals surface area (Å²) < 4.78 is 26.7. The number of aromatic nitrogens is 1. The van der Waals surface area contributed by atoms with Gasteiger partial charge in [0.2, 0.25) is 10.0 Å². The second kappa shape index (κ2) is 7.63. The maximum absolute atomic E-state index is 12.6. The number of H-pyrrole nitrogens is 1. The Hall–Kier alpha value is -1.77. The van der Waals surface area contributed by atoms with Gasteiger partial charge in [-0.25, -0.2) is 8.42 Å². The number of benzene rings is 1. The van der Waals surface area contributed by atoms with Crippen LogP contribution in [0.15, 0.2) is 47.5 Å². The van der Waals surface area contributed by atoms with Crippen molar-refractivity contribution in [2.75, 3.05) is 24.6 Å². The van der Waals surface area contributed by atoms with E-state index in [0.29, 0.717) is 13.1 Å². The number of hydrogen-bond donors (Lipinski definition) is 2. The molecule has 1 unspecified atom stereocenters. The summed E-state index contributed by atoms with van der Waals surface area (Å²) in [5, 5.41) is 2.87. The van der Waals surface area contributed by atoms with Crippen molar-refractivity contribution >= 4 is 27.7 Å². The second-order valence-corrected chi connectivity index (χ2v) is 9.03. The first-order valence-corrected chi connectivity index (χ1v) is 10.7. The zero-order chi connectivity index (χ0) is 17.9. The van der Waals surface area contributed by atoms with Gasteiger partial charge in [0.1, 0.15) is 10.6 Å². The molecule has 6 nitrogen and oxygen atoms in total. The minimum absolute atomic E-state index is 0.136. The molecule has 0 bridgehead atoms. The van der Waals surface area contributed by atoms with Gasteiger partial charge >= 0.3 is 0 Å². The first-order chi connectivity index (χ1) is 12.0. The van der Waals surface area contributed by atoms with Crippen LogP contribution in [0.4, 0.5) is 0 Å². The number of thioether (sulfide) groups is 1. The fourth-order valence-corrected chi connectivity index (χ4v) is 5.26. The molecule has 0 radical (unpaired) electrons. The monoisotopic (exact) mass is 379 g/mol. The minimum Gasteiger partial charge on any atom is -0.356 e. The fraction of sp³-hybridized carbons (Fsp3) is 0.353. The highest BCUT2D eigenvalue weighted by Gasteiger charge is 2.28. The molecule has 0 saturated carbocycles. The number of amides is 1. The van der Waals surface area contributed by atoms with E-state index in [4.69, 9.17) is 0 Å². The molecule has 0 aliphatic carbocycles. The number of aromatic amines is 1. The van der Waals surface area contributed by atoms with Gasteiger partial charge in [0.25, 0.3) is 5.91 Å². The van der Waals surface area contributed by atoms with Gasteiger partial charge in [0.05, 0.1) is 6.04 Å². The smallest absolute Gasteiger partial charge is 0.268 e. The summed E-state index contributed by atoms with van der Waals surface area (Å²) in [6.45, 7) is 2.90. The molecule has 1 saturated heterocycles. The van der Waals surface area contributed by atoms with Crippen molar-refractivity contribution in [2.45, 2.75) is 17.9 Å². The summed E-state index contributed by atoms with van der Waals surface area (Å²) in [7, 11) is -3.55. The van der Waals surface area contributed by atoms with Gasteiger partial charge in [-0.15, -0.1) is 0 Å². The molecule has 1 aliphatic rings. The van der Waals surface area contributed by atoms with E-state index in [-0.39, 0.29) is 22.5 Å². The Kier molecular flexibility index (Phi) is 5.51. The molecule has 1 aliphatic heterocycles. The Morgan fingerprint density at radius 3 is 2.60 bits per heavy atom. The lowest BCUT2D eigenvalue weighted by molar-refractivity contribution is 0.0935. The van der Waals surface area contributed by atoms with Crippen LogP contribution < -0.4 is 5.32 Å². The van der Waals surface area contributed by atoms with E-state index >= 15 is 0 Å². The van der Waals surface area contributed by atoms with Gasteiger partial charge in [-0.1, -0.05) is 30.3 Å². The molecule has 134 valence electrons. The molecule has 1 aromatic carbocycles. The predicted octanol–water partition coefficient (Wildman–Crippen LogP) is 2.24. The zero-order valence-corrected chi connectivity index (χ0v) is 15.6. The lowest BCUT2D eigenvalue weighted by atomic mass is 10.1. The Bertz CT molecular complexity index is 828. The number of nitrogens with one attached hydrogen (secondary N) is 2. The average Bonchev–Trinajstić information content (AvgIpc) is 3.14. The molecular weight excluding hydrogens is 358 g/mol. The van der Waals surface area contributed by atoms with Gasteiger partial charge in [0.15, 0.2) is 0 Å². The topological polar surface area (TPSA) is 82.3 Å². The lowest BCUT2D eigenvalue weighted by Gasteiger charge is -2.24. The molecule has 2 heterocycles. The third-order valence-corrected chi connectivity index (χ3v) is 6.98. The largest absolute Gasteiger partial charge is 0.356 e. The first-order valence-electron chi connectivity index (χ1n) is 8.10. The van der Waals surface area contributed by atoms with Crippen LogP contribution in [0.25, 0.3) is 0 Å². The van der Waals surface area contributed by atoms with E-state index < -0.39 is 10.0 Å². The SMILES string of the molecule is CC(NC(=O)c1cc(S(=O)(=O)N2CCSCC2)c[nH]1)c1ccccc1. The summed E-state index contributed by atoms with van der Waals surface area (Å²) in [6, 6.07) is 10.8. The molecule has 1 atom stereocenters. The van der Waals surface area contributed by atoms with Crippen molar-refractivity contribution in [3.8, 4) is 0 Å². The molecule has 1 fully saturated rings. The first kappa shape index (κ1) is 18.0. The van der Waals surface area contributed by atoms with Crippen molar-refractivity contribution in [3.05, 3.63) is 53.9 Å². The van der Waals surface area contributed by atoms with Crippen LogP contribution in [0.5, 0.6) is 0 Å². The zero-order valence-electron chi connectivity index (χ0n) is 13.9. The van der Waals surface area contributed by atoms with Gasteiger partial charge in [-0.05, 0) is 18.6 Å². The average molecular weight is 380 g/mol. The Morgan fingerprint density at radius 1 is 1.24 bits per heavy atom. The number of hydrogen-bond acceptors (Lipinski definition) is 4. The highest BCUT2D eigenvalue weighted by Crippen LogP contribution is 2.21. The van der Waals surface area contributed by atoms with Crippen LogP contribution in [-0.2, 0) is 10.0 Å². The van der Waals surface area contributed by atoms with Gasteiger partial charge in [-0.3, -0.25) is 4.79 Å². The predicted molar refractivity (Wildman–Crippen MR) is 99.2 cm³/mol. The van der Waals surface area contributed by atoms with Crippen LogP contribution in [0.3, 0.4) is 0 Å². The third kappa shape index (κ3) is 4.08. The Morgan fingerprint density at radius 2 is 1.92 bits per heavy atom. The van der Waals surface area contributed by atoms with E-state index in [1.54, 1.807) is 11.8 Å². The van der Waals surface area contributed by atoms with E-state index in [2.05, 4.69) is 10.3 Å². The molecule has 3 rings (SSSR count). The molecule has 1 aromatic heterocycles. The second-order valence-electron chi connectivity index (χ2n) is 5.87. The molecular formula is C17H21N3O3S2. The van der Waals surface area contributed by atoms with Crippen LogP contribution in [-0.4, -0.2) is 48.2 Å². The summed E-state index contributed by atoms with van der Waals surface area (Å²) in [5.74, 6) is 1.27. The number of sulfonamides is 1. The molecule has 0 spiro atoms. The van der Waals surface area contributed by atoms with Crippen LogP contribution in [0.1, 0.15) is 29.0 Å². The summed E-state index contributed by atoms with van der Waals surface area (Å²) in [4.78, 5) is 15.3. The number of nitrogens with zero attached hydrogens (tertiary/aromatic N) is 1. The molecule has 8 heteroatoms. The number of rotatable bonds is 5. The number of carbonyl (C=O) groups excluding carboxylic acids is 1. The van der Waals surface area contributed by atoms with E-state index in [9.17, 15) is 13.2 Å². The van der Waals surface area contributed by atoms with Crippen molar-refractivity contribution in [1.29, 1.82) is 0 Å². The third-order valence-electron chi connectivity index (χ3n) is 4.16. The normalized spacial score (nSPS) is 17.2. The van der Waals surface area contributed by atoms with Gasteiger partial charge in [-0.2, -0.15) is 16.1 Å². The standard InChI is InChI=1S/C17H21N3O3S2/c1-13(14-5-3-2-4-6-14)19-17(21)16-11-15(12-18-16)25(22,23)20-7-9-24-10-8-20/h2-6,11-13,18H,7-10H2,1H3,(H,19,21). The van der Waals surface area contributed by atoms with E-state index in [0.717, 1.165) is 17.1 Å². The van der Waals surface area contributed by atoms with Crippen molar-refractivity contribution in [1.82, 2.24) is 14.6 Å². The van der Waals surface area contributed by atoms with Gasteiger partial charge in [0, 0.05) is 30.8 Å². The highest BCUT2D eigenvalue weighted by molar-refractivity contribution is 7.99. The summed E-state index contributed by atoms with van der Waals surface area (Å²) >= 11 is 1.75. The maximum Gasteiger partial charge on any atom is 0.268 e. The number of carbonyl (C=O) groups is 1. The van der Waals surface area contributed by atoms with Crippen molar-refractivity contribution in [2.24, 2.45) is 0 Å². The van der Waals surface area contributed by atoms with Crippen LogP contribution >= 0.6 is 11.8 Å². The van der Waals surface area contributed by atoms with Gasteiger partial charge < -0.3 is 10.3 Å². The molecule has 2 N–H and O–H groups in total. The van der Waals surface area contributed by atoms with Crippen LogP contribution in [0, 0.1) is 0 Å². The summed E-state index contributed by atoms with van der Waals surface area (Å²) in [6.07, 6.45) is 1.39. The highest BCUT2D eigenvalue weighted by atomic mass is 32.2. The summed E-state index contributed by atoms with van der Waals surface area (Å²) in [5.41, 5.74) is 1.23. The molecule has 25 heavy (non-hydrogen) atoms. The molecule has 1 amide bonds. The van der Waals surface area contributed by atoms with Crippen LogP contribution in [0.2, 0.25) is 0 Å².